The van der Waals surface area contributed by atoms with Crippen molar-refractivity contribution in [3.8, 4) is 11.3 Å². The van der Waals surface area contributed by atoms with Crippen LogP contribution in [0.15, 0.2) is 29.1 Å². The maximum absolute atomic E-state index is 13.2. The monoisotopic (exact) mass is 426 g/mol. The summed E-state index contributed by atoms with van der Waals surface area (Å²) in [5.74, 6) is -4.61. The van der Waals surface area contributed by atoms with Gasteiger partial charge in [-0.3, -0.25) is 29.3 Å². The number of non-ortho nitro benzene ring substituents is 1. The highest BCUT2D eigenvalue weighted by Crippen LogP contribution is 2.39. The molecule has 2 heterocycles. The highest BCUT2D eigenvalue weighted by atomic mass is 16.6. The Kier molecular flexibility index (Phi) is 4.88. The number of fused-ring (bicyclic) bond motifs is 1. The molecule has 0 bridgehead atoms. The first-order valence-corrected chi connectivity index (χ1v) is 9.66. The molecule has 0 N–H and O–H groups in total. The molecule has 1 aliphatic carbocycles. The second kappa shape index (κ2) is 7.42. The van der Waals surface area contributed by atoms with Crippen molar-refractivity contribution in [2.75, 3.05) is 18.6 Å². The van der Waals surface area contributed by atoms with E-state index in [1.165, 1.54) is 38.2 Å². The minimum Gasteiger partial charge on any atom is -0.465 e. The number of hydrogen-bond acceptors (Lipinski definition) is 8. The van der Waals surface area contributed by atoms with Crippen LogP contribution in [0.2, 0.25) is 0 Å². The third-order valence-electron chi connectivity index (χ3n) is 5.26. The van der Waals surface area contributed by atoms with Crippen molar-refractivity contribution >= 4 is 29.0 Å². The molecule has 1 amide bonds. The number of ether oxygens (including phenoxy) is 1. The van der Waals surface area contributed by atoms with E-state index in [0.717, 1.165) is 9.58 Å². The summed E-state index contributed by atoms with van der Waals surface area (Å²) in [6.45, 7) is 1.51. The van der Waals surface area contributed by atoms with Crippen molar-refractivity contribution in [1.29, 1.82) is 0 Å². The Labute approximate surface area is 175 Å². The number of aromatic nitrogens is 2. The highest BCUT2D eigenvalue weighted by Gasteiger charge is 2.47. The molecule has 31 heavy (non-hydrogen) atoms. The molecular weight excluding hydrogens is 408 g/mol. The number of rotatable bonds is 5. The number of Topliss-reactive ketones (excluding diaryl/α,β-unsaturated/α-hetero) is 1. The summed E-state index contributed by atoms with van der Waals surface area (Å²) in [6.07, 6.45) is 1.37. The lowest BCUT2D eigenvalue weighted by atomic mass is 9.89. The van der Waals surface area contributed by atoms with Crippen molar-refractivity contribution in [1.82, 2.24) is 9.78 Å². The lowest BCUT2D eigenvalue weighted by Gasteiger charge is -2.30. The van der Waals surface area contributed by atoms with Gasteiger partial charge in [-0.25, -0.2) is 4.68 Å². The first-order chi connectivity index (χ1) is 14.8. The number of esters is 1. The van der Waals surface area contributed by atoms with E-state index in [4.69, 9.17) is 4.74 Å². The van der Waals surface area contributed by atoms with E-state index in [9.17, 15) is 29.3 Å². The Bertz CT molecular complexity index is 1200. The molecule has 11 heteroatoms. The Morgan fingerprint density at radius 2 is 2.00 bits per heavy atom. The second-order valence-electron chi connectivity index (χ2n) is 7.31. The largest absolute Gasteiger partial charge is 0.465 e. The third kappa shape index (κ3) is 3.27. The van der Waals surface area contributed by atoms with E-state index in [1.54, 1.807) is 0 Å². The highest BCUT2D eigenvalue weighted by molar-refractivity contribution is 6.31. The fourth-order valence-corrected chi connectivity index (χ4v) is 3.60. The van der Waals surface area contributed by atoms with E-state index >= 15 is 0 Å². The summed E-state index contributed by atoms with van der Waals surface area (Å²) in [5.41, 5.74) is -0.983. The fourth-order valence-electron chi connectivity index (χ4n) is 3.60. The third-order valence-corrected chi connectivity index (χ3v) is 5.26. The molecule has 2 aliphatic rings. The normalized spacial score (nSPS) is 18.0. The van der Waals surface area contributed by atoms with Crippen molar-refractivity contribution in [2.24, 2.45) is 5.92 Å². The molecule has 1 atom stereocenters. The summed E-state index contributed by atoms with van der Waals surface area (Å²) < 4.78 is 6.03. The van der Waals surface area contributed by atoms with Crippen LogP contribution in [-0.2, 0) is 14.3 Å². The van der Waals surface area contributed by atoms with Crippen molar-refractivity contribution < 1.29 is 24.0 Å². The van der Waals surface area contributed by atoms with Gasteiger partial charge in [0.2, 0.25) is 5.91 Å². The molecule has 1 fully saturated rings. The maximum Gasteiger partial charge on any atom is 0.326 e. The second-order valence-corrected chi connectivity index (χ2v) is 7.31. The molecule has 2 aromatic rings. The molecule has 11 nitrogen and oxygen atoms in total. The predicted molar refractivity (Wildman–Crippen MR) is 107 cm³/mol. The number of hydrogen-bond donors (Lipinski definition) is 0. The number of anilines is 1. The van der Waals surface area contributed by atoms with Gasteiger partial charge in [-0.1, -0.05) is 12.1 Å². The lowest BCUT2D eigenvalue weighted by molar-refractivity contribution is -0.384. The predicted octanol–water partition coefficient (Wildman–Crippen LogP) is 1.49. The Hall–Kier alpha value is -3.89. The van der Waals surface area contributed by atoms with E-state index in [-0.39, 0.29) is 40.8 Å². The SMILES string of the molecule is CCOC(=O)C1C(=O)c2c(c(-c3cccc([N+](=O)[O-])c3)nn(C3CC3)c2=O)N(C)C1=O. The zero-order chi connectivity index (χ0) is 22.4. The number of nitrogens with zero attached hydrogens (tertiary/aromatic N) is 4. The van der Waals surface area contributed by atoms with Crippen LogP contribution in [0, 0.1) is 16.0 Å². The van der Waals surface area contributed by atoms with Gasteiger partial charge in [-0.2, -0.15) is 5.10 Å². The van der Waals surface area contributed by atoms with E-state index in [1.807, 2.05) is 0 Å². The average Bonchev–Trinajstić information content (AvgIpc) is 3.57. The number of carbonyl (C=O) groups is 3. The van der Waals surface area contributed by atoms with Gasteiger partial charge in [0.05, 0.1) is 23.3 Å². The first kappa shape index (κ1) is 20.4. The van der Waals surface area contributed by atoms with Gasteiger partial charge < -0.3 is 9.64 Å². The topological polar surface area (TPSA) is 142 Å². The Morgan fingerprint density at radius 1 is 1.29 bits per heavy atom. The van der Waals surface area contributed by atoms with Crippen molar-refractivity contribution in [3.63, 3.8) is 0 Å². The summed E-state index contributed by atoms with van der Waals surface area (Å²) in [7, 11) is 1.32. The number of nitro groups is 1. The Morgan fingerprint density at radius 3 is 2.61 bits per heavy atom. The summed E-state index contributed by atoms with van der Waals surface area (Å²) in [6, 6.07) is 5.32. The maximum atomic E-state index is 13.2. The number of nitro benzene ring substituents is 1. The molecule has 4 rings (SSSR count). The molecule has 1 aliphatic heterocycles. The molecule has 1 unspecified atom stereocenters. The minimum atomic E-state index is -1.78. The van der Waals surface area contributed by atoms with Gasteiger partial charge >= 0.3 is 5.97 Å². The Balaban J connectivity index is 1.99. The van der Waals surface area contributed by atoms with Gasteiger partial charge in [0.1, 0.15) is 11.3 Å². The molecule has 1 aromatic heterocycles. The van der Waals surface area contributed by atoms with E-state index < -0.39 is 34.1 Å². The molecule has 160 valence electrons. The van der Waals surface area contributed by atoms with Gasteiger partial charge in [0.25, 0.3) is 11.2 Å². The van der Waals surface area contributed by atoms with Gasteiger partial charge in [-0.05, 0) is 19.8 Å². The average molecular weight is 426 g/mol. The molecular formula is C20H18N4O7. The molecule has 0 saturated heterocycles. The van der Waals surface area contributed by atoms with Crippen LogP contribution >= 0.6 is 0 Å². The van der Waals surface area contributed by atoms with E-state index in [2.05, 4.69) is 5.10 Å². The zero-order valence-electron chi connectivity index (χ0n) is 16.7. The van der Waals surface area contributed by atoms with Gasteiger partial charge in [-0.15, -0.1) is 0 Å². The number of ketones is 1. The van der Waals surface area contributed by atoms with Crippen LogP contribution in [0.1, 0.15) is 36.2 Å². The lowest BCUT2D eigenvalue weighted by Crippen LogP contribution is -2.50. The van der Waals surface area contributed by atoms with Crippen molar-refractivity contribution in [3.05, 3.63) is 50.3 Å². The minimum absolute atomic E-state index is 0.0337. The standard InChI is InChI=1S/C20H18N4O7/c1-3-31-20(28)14-17(25)13-16(22(2)18(14)26)15(21-23(19(13)27)11-7-8-11)10-5-4-6-12(9-10)24(29)30/h4-6,9,11,14H,3,7-8H2,1-2H3. The quantitative estimate of drug-likeness (QED) is 0.303. The van der Waals surface area contributed by atoms with Crippen LogP contribution in [-0.4, -0.2) is 46.0 Å². The zero-order valence-corrected chi connectivity index (χ0v) is 16.7. The fraction of sp³-hybridized carbons (Fsp3) is 0.350. The van der Waals surface area contributed by atoms with Crippen LogP contribution in [0.5, 0.6) is 0 Å². The van der Waals surface area contributed by atoms with E-state index in [0.29, 0.717) is 12.8 Å². The number of amides is 1. The summed E-state index contributed by atoms with van der Waals surface area (Å²) in [5, 5.41) is 15.6. The summed E-state index contributed by atoms with van der Waals surface area (Å²) in [4.78, 5) is 63.1. The molecule has 0 radical (unpaired) electrons. The van der Waals surface area contributed by atoms with Crippen LogP contribution in [0.25, 0.3) is 11.3 Å². The molecule has 1 saturated carbocycles. The van der Waals surface area contributed by atoms with Gasteiger partial charge in [0.15, 0.2) is 11.7 Å². The van der Waals surface area contributed by atoms with Crippen LogP contribution < -0.4 is 10.5 Å². The molecule has 1 aromatic carbocycles. The smallest absolute Gasteiger partial charge is 0.326 e. The van der Waals surface area contributed by atoms with Gasteiger partial charge in [0, 0.05) is 24.7 Å². The van der Waals surface area contributed by atoms with Crippen LogP contribution in [0.4, 0.5) is 11.4 Å². The van der Waals surface area contributed by atoms with Crippen molar-refractivity contribution in [2.45, 2.75) is 25.8 Å². The summed E-state index contributed by atoms with van der Waals surface area (Å²) >= 11 is 0. The molecule has 0 spiro atoms. The number of benzene rings is 1. The number of carbonyl (C=O) groups excluding carboxylic acids is 3. The first-order valence-electron chi connectivity index (χ1n) is 9.66. The van der Waals surface area contributed by atoms with Crippen LogP contribution in [0.3, 0.4) is 0 Å².